The second kappa shape index (κ2) is 13.4. The van der Waals surface area contributed by atoms with E-state index >= 15 is 0 Å². The van der Waals surface area contributed by atoms with Crippen LogP contribution in [0.1, 0.15) is 45.4 Å². The fourth-order valence-electron chi connectivity index (χ4n) is 4.46. The van der Waals surface area contributed by atoms with E-state index < -0.39 is 7.37 Å². The van der Waals surface area contributed by atoms with Crippen LogP contribution in [0.25, 0.3) is 28.2 Å². The van der Waals surface area contributed by atoms with E-state index in [0.717, 1.165) is 66.7 Å². The molecule has 0 aliphatic rings. The normalized spacial score (nSPS) is 12.8. The van der Waals surface area contributed by atoms with Crippen molar-refractivity contribution in [2.45, 2.75) is 45.4 Å². The third-order valence-electron chi connectivity index (χ3n) is 6.58. The Bertz CT molecular complexity index is 1270. The Labute approximate surface area is 220 Å². The van der Waals surface area contributed by atoms with Crippen molar-refractivity contribution < 1.29 is 14.2 Å². The maximum absolute atomic E-state index is 11.8. The van der Waals surface area contributed by atoms with Gasteiger partial charge < -0.3 is 9.63 Å². The number of hydrogen-bond donors (Lipinski definition) is 1. The lowest BCUT2D eigenvalue weighted by atomic mass is 10.0. The lowest BCUT2D eigenvalue weighted by Gasteiger charge is -2.13. The molecule has 1 unspecified atom stereocenters. The van der Waals surface area contributed by atoms with Gasteiger partial charge in [-0.1, -0.05) is 111 Å². The lowest BCUT2D eigenvalue weighted by Crippen LogP contribution is -2.05. The quantitative estimate of drug-likeness (QED) is 0.135. The highest BCUT2D eigenvalue weighted by Crippen LogP contribution is 2.41. The van der Waals surface area contributed by atoms with Gasteiger partial charge in [-0.25, -0.2) is 0 Å². The molecule has 1 heterocycles. The predicted octanol–water partition coefficient (Wildman–Crippen LogP) is 8.22. The monoisotopic (exact) mass is 516 g/mol. The molecule has 0 aliphatic heterocycles. The van der Waals surface area contributed by atoms with Crippen LogP contribution in [-0.4, -0.2) is 33.4 Å². The second-order valence-electron chi connectivity index (χ2n) is 9.35. The summed E-state index contributed by atoms with van der Waals surface area (Å²) in [5, 5.41) is 0. The van der Waals surface area contributed by atoms with Gasteiger partial charge in [0, 0.05) is 23.5 Å². The SMILES string of the molecule is CCP(=O)(O)CCCCCCCCOc1nc(-c2ccccc2)c(-c2ccccc2)n1-c1ccccc1. The van der Waals surface area contributed by atoms with Crippen LogP contribution in [0, 0.1) is 0 Å². The number of aromatic nitrogens is 2. The maximum Gasteiger partial charge on any atom is 0.302 e. The molecule has 0 spiro atoms. The Hall–Kier alpha value is -3.14. The van der Waals surface area contributed by atoms with Crippen LogP contribution in [0.5, 0.6) is 6.01 Å². The van der Waals surface area contributed by atoms with Crippen molar-refractivity contribution >= 4 is 7.37 Å². The molecule has 37 heavy (non-hydrogen) atoms. The van der Waals surface area contributed by atoms with Crippen LogP contribution in [-0.2, 0) is 4.57 Å². The molecule has 0 bridgehead atoms. The number of nitrogens with zero attached hydrogens (tertiary/aromatic N) is 2. The third-order valence-corrected chi connectivity index (χ3v) is 8.59. The smallest absolute Gasteiger partial charge is 0.302 e. The molecule has 1 N–H and O–H groups in total. The third kappa shape index (κ3) is 7.44. The fraction of sp³-hybridized carbons (Fsp3) is 0.323. The predicted molar refractivity (Wildman–Crippen MR) is 153 cm³/mol. The van der Waals surface area contributed by atoms with Crippen LogP contribution in [0.2, 0.25) is 0 Å². The van der Waals surface area contributed by atoms with Crippen molar-refractivity contribution in [2.75, 3.05) is 18.9 Å². The van der Waals surface area contributed by atoms with E-state index in [1.807, 2.05) is 42.5 Å². The first kappa shape index (κ1) is 26.9. The van der Waals surface area contributed by atoms with Crippen molar-refractivity contribution in [3.05, 3.63) is 91.0 Å². The topological polar surface area (TPSA) is 64.3 Å². The van der Waals surface area contributed by atoms with Gasteiger partial charge >= 0.3 is 6.01 Å². The molecule has 194 valence electrons. The van der Waals surface area contributed by atoms with Crippen molar-refractivity contribution in [1.29, 1.82) is 0 Å². The minimum absolute atomic E-state index is 0.376. The van der Waals surface area contributed by atoms with Crippen molar-refractivity contribution in [3.63, 3.8) is 0 Å². The molecule has 0 saturated carbocycles. The molecule has 1 atom stereocenters. The zero-order valence-corrected chi connectivity index (χ0v) is 22.5. The number of unbranched alkanes of at least 4 members (excludes halogenated alkanes) is 5. The van der Waals surface area contributed by atoms with Crippen LogP contribution >= 0.6 is 7.37 Å². The average molecular weight is 517 g/mol. The summed E-state index contributed by atoms with van der Waals surface area (Å²) in [5.41, 5.74) is 5.07. The summed E-state index contributed by atoms with van der Waals surface area (Å²) < 4.78 is 20.2. The molecule has 0 saturated heterocycles. The molecule has 4 aromatic rings. The van der Waals surface area contributed by atoms with Gasteiger partial charge in [-0.05, 0) is 25.0 Å². The first-order valence-corrected chi connectivity index (χ1v) is 15.3. The number of para-hydroxylation sites is 1. The van der Waals surface area contributed by atoms with Crippen LogP contribution < -0.4 is 4.74 Å². The average Bonchev–Trinajstić information content (AvgIpc) is 3.33. The van der Waals surface area contributed by atoms with Gasteiger partial charge in [0.1, 0.15) is 5.69 Å². The standard InChI is InChI=1S/C31H37N2O3P/c1-2-37(34,35)25-17-6-4-3-5-16-24-36-31-32-29(26-18-10-7-11-19-26)30(27-20-12-8-13-21-27)33(31)28-22-14-9-15-23-28/h7-15,18-23H,2-6,16-17,24-25H2,1H3,(H,34,35). The molecule has 0 aliphatic carbocycles. The highest BCUT2D eigenvalue weighted by Gasteiger charge is 2.22. The van der Waals surface area contributed by atoms with Gasteiger partial charge in [-0.15, -0.1) is 0 Å². The molecule has 0 radical (unpaired) electrons. The van der Waals surface area contributed by atoms with Gasteiger partial charge in [0.2, 0.25) is 0 Å². The van der Waals surface area contributed by atoms with E-state index in [9.17, 15) is 9.46 Å². The molecule has 1 aromatic heterocycles. The Morgan fingerprint density at radius 2 is 1.30 bits per heavy atom. The van der Waals surface area contributed by atoms with Crippen molar-refractivity contribution in [1.82, 2.24) is 9.55 Å². The molecule has 0 fully saturated rings. The van der Waals surface area contributed by atoms with E-state index in [1.54, 1.807) is 6.92 Å². The summed E-state index contributed by atoms with van der Waals surface area (Å²) in [7, 11) is -2.88. The van der Waals surface area contributed by atoms with Gasteiger partial charge in [0.25, 0.3) is 0 Å². The number of ether oxygens (including phenoxy) is 1. The van der Waals surface area contributed by atoms with Crippen LogP contribution in [0.4, 0.5) is 0 Å². The molecular formula is C31H37N2O3P. The van der Waals surface area contributed by atoms with Gasteiger partial charge in [-0.3, -0.25) is 9.13 Å². The summed E-state index contributed by atoms with van der Waals surface area (Å²) in [4.78, 5) is 14.7. The van der Waals surface area contributed by atoms with Gasteiger partial charge in [-0.2, -0.15) is 4.98 Å². The summed E-state index contributed by atoms with van der Waals surface area (Å²) >= 11 is 0. The van der Waals surface area contributed by atoms with E-state index in [2.05, 4.69) is 53.1 Å². The Morgan fingerprint density at radius 1 is 0.757 bits per heavy atom. The van der Waals surface area contributed by atoms with E-state index in [4.69, 9.17) is 9.72 Å². The molecule has 4 rings (SSSR count). The summed E-state index contributed by atoms with van der Waals surface area (Å²) in [6.07, 6.45) is 6.84. The lowest BCUT2D eigenvalue weighted by molar-refractivity contribution is 0.278. The summed E-state index contributed by atoms with van der Waals surface area (Å²) in [5.74, 6) is 0. The second-order valence-corrected chi connectivity index (χ2v) is 12.1. The number of rotatable bonds is 14. The molecule has 6 heteroatoms. The van der Waals surface area contributed by atoms with Crippen molar-refractivity contribution in [2.24, 2.45) is 0 Å². The zero-order valence-electron chi connectivity index (χ0n) is 21.6. The van der Waals surface area contributed by atoms with E-state index in [0.29, 0.717) is 24.9 Å². The summed E-state index contributed by atoms with van der Waals surface area (Å²) in [6.45, 7) is 2.38. The van der Waals surface area contributed by atoms with Crippen molar-refractivity contribution in [3.8, 4) is 34.2 Å². The highest BCUT2D eigenvalue weighted by atomic mass is 31.2. The molecule has 5 nitrogen and oxygen atoms in total. The van der Waals surface area contributed by atoms with Crippen LogP contribution in [0.3, 0.4) is 0 Å². The fourth-order valence-corrected chi connectivity index (χ4v) is 5.50. The molecular weight excluding hydrogens is 479 g/mol. The van der Waals surface area contributed by atoms with Gasteiger partial charge in [0.15, 0.2) is 7.37 Å². The largest absolute Gasteiger partial charge is 0.464 e. The minimum atomic E-state index is -2.88. The Kier molecular flexibility index (Phi) is 9.76. The molecule has 3 aromatic carbocycles. The van der Waals surface area contributed by atoms with E-state index in [1.165, 1.54) is 0 Å². The number of benzene rings is 3. The van der Waals surface area contributed by atoms with E-state index in [-0.39, 0.29) is 0 Å². The number of hydrogen-bond acceptors (Lipinski definition) is 3. The minimum Gasteiger partial charge on any atom is -0.464 e. The molecule has 0 amide bonds. The first-order chi connectivity index (χ1) is 18.1. The number of imidazole rings is 1. The maximum atomic E-state index is 11.8. The van der Waals surface area contributed by atoms with Gasteiger partial charge in [0.05, 0.1) is 18.0 Å². The highest BCUT2D eigenvalue weighted by molar-refractivity contribution is 7.57. The Morgan fingerprint density at radius 3 is 1.92 bits per heavy atom. The first-order valence-electron chi connectivity index (χ1n) is 13.3. The Balaban J connectivity index is 1.48. The zero-order chi connectivity index (χ0) is 25.9. The summed E-state index contributed by atoms with van der Waals surface area (Å²) in [6, 6.07) is 31.5. The van der Waals surface area contributed by atoms with Crippen LogP contribution in [0.15, 0.2) is 91.0 Å².